The van der Waals surface area contributed by atoms with Crippen molar-refractivity contribution in [3.05, 3.63) is 59.7 Å². The fourth-order valence-electron chi connectivity index (χ4n) is 3.25. The van der Waals surface area contributed by atoms with Crippen LogP contribution in [0.1, 0.15) is 24.0 Å². The van der Waals surface area contributed by atoms with Gasteiger partial charge in [-0.25, -0.2) is 0 Å². The lowest BCUT2D eigenvalue weighted by atomic mass is 9.95. The second kappa shape index (κ2) is 8.71. The molecule has 1 saturated heterocycles. The van der Waals surface area contributed by atoms with E-state index in [0.29, 0.717) is 25.9 Å². The first kappa shape index (κ1) is 19.0. The van der Waals surface area contributed by atoms with Crippen LogP contribution in [0.2, 0.25) is 0 Å². The molecule has 3 rings (SSSR count). The molecule has 2 aromatic carbocycles. The molecule has 2 aromatic rings. The Morgan fingerprint density at radius 2 is 1.78 bits per heavy atom. The predicted octanol–water partition coefficient (Wildman–Crippen LogP) is 3.56. The van der Waals surface area contributed by atoms with Gasteiger partial charge in [-0.3, -0.25) is 9.59 Å². The molecule has 1 aliphatic heterocycles. The van der Waals surface area contributed by atoms with Crippen LogP contribution in [0.15, 0.2) is 48.5 Å². The molecule has 0 aromatic heterocycles. The molecule has 0 aliphatic carbocycles. The maximum atomic E-state index is 12.4. The second-order valence-corrected chi connectivity index (χ2v) is 7.07. The molecule has 5 nitrogen and oxygen atoms in total. The summed E-state index contributed by atoms with van der Waals surface area (Å²) in [6.07, 6.45) is 1.35. The molecule has 0 radical (unpaired) electrons. The third kappa shape index (κ3) is 5.09. The Bertz CT molecular complexity index is 796. The number of amides is 2. The number of carbonyl (C=O) groups is 2. The van der Waals surface area contributed by atoms with Gasteiger partial charge in [0.05, 0.1) is 0 Å². The summed E-state index contributed by atoms with van der Waals surface area (Å²) in [5.74, 6) is 0.687. The van der Waals surface area contributed by atoms with Gasteiger partial charge < -0.3 is 15.0 Å². The number of para-hydroxylation sites is 1. The number of piperidine rings is 1. The van der Waals surface area contributed by atoms with Crippen molar-refractivity contribution in [1.82, 2.24) is 4.90 Å². The largest absolute Gasteiger partial charge is 0.483 e. The van der Waals surface area contributed by atoms with Crippen molar-refractivity contribution in [3.8, 4) is 5.75 Å². The molecule has 1 fully saturated rings. The molecule has 1 aliphatic rings. The summed E-state index contributed by atoms with van der Waals surface area (Å²) in [6, 6.07) is 15.4. The summed E-state index contributed by atoms with van der Waals surface area (Å²) in [6.45, 7) is 5.17. The summed E-state index contributed by atoms with van der Waals surface area (Å²) in [5.41, 5.74) is 2.93. The first-order valence-electron chi connectivity index (χ1n) is 9.36. The van der Waals surface area contributed by atoms with Gasteiger partial charge in [0, 0.05) is 24.7 Å². The predicted molar refractivity (Wildman–Crippen MR) is 106 cm³/mol. The van der Waals surface area contributed by atoms with Crippen molar-refractivity contribution in [1.29, 1.82) is 0 Å². The summed E-state index contributed by atoms with van der Waals surface area (Å²) < 4.78 is 5.72. The van der Waals surface area contributed by atoms with E-state index in [-0.39, 0.29) is 24.3 Å². The Morgan fingerprint density at radius 3 is 2.48 bits per heavy atom. The number of benzene rings is 2. The highest BCUT2D eigenvalue weighted by atomic mass is 16.5. The van der Waals surface area contributed by atoms with Crippen LogP contribution < -0.4 is 10.1 Å². The number of hydrogen-bond acceptors (Lipinski definition) is 3. The van der Waals surface area contributed by atoms with Crippen molar-refractivity contribution in [3.63, 3.8) is 0 Å². The Labute approximate surface area is 160 Å². The van der Waals surface area contributed by atoms with Crippen LogP contribution in [-0.4, -0.2) is 36.4 Å². The summed E-state index contributed by atoms with van der Waals surface area (Å²) in [7, 11) is 0. The minimum atomic E-state index is -0.0609. The van der Waals surface area contributed by atoms with Gasteiger partial charge in [-0.15, -0.1) is 0 Å². The lowest BCUT2D eigenvalue weighted by molar-refractivity contribution is -0.136. The summed E-state index contributed by atoms with van der Waals surface area (Å²) in [4.78, 5) is 26.6. The maximum Gasteiger partial charge on any atom is 0.260 e. The van der Waals surface area contributed by atoms with Crippen molar-refractivity contribution >= 4 is 17.5 Å². The van der Waals surface area contributed by atoms with E-state index in [9.17, 15) is 9.59 Å². The Hall–Kier alpha value is -2.82. The number of anilines is 1. The monoisotopic (exact) mass is 366 g/mol. The standard InChI is InChI=1S/C22H26N2O3/c1-16-8-9-17(2)20(14-16)27-15-21(25)24-12-10-18(11-13-24)22(26)23-19-6-4-3-5-7-19/h3-9,14,18H,10-13,15H2,1-2H3,(H,23,26). The van der Waals surface area contributed by atoms with E-state index in [4.69, 9.17) is 4.74 Å². The van der Waals surface area contributed by atoms with E-state index in [1.54, 1.807) is 4.90 Å². The van der Waals surface area contributed by atoms with Crippen LogP contribution in [0.4, 0.5) is 5.69 Å². The van der Waals surface area contributed by atoms with Gasteiger partial charge in [0.15, 0.2) is 6.61 Å². The first-order valence-corrected chi connectivity index (χ1v) is 9.36. The molecule has 0 atom stereocenters. The molecule has 1 N–H and O–H groups in total. The third-order valence-corrected chi connectivity index (χ3v) is 4.95. The van der Waals surface area contributed by atoms with Crippen LogP contribution in [0.3, 0.4) is 0 Å². The van der Waals surface area contributed by atoms with Gasteiger partial charge >= 0.3 is 0 Å². The van der Waals surface area contributed by atoms with Crippen molar-refractivity contribution in [2.75, 3.05) is 25.0 Å². The zero-order valence-electron chi connectivity index (χ0n) is 15.9. The minimum absolute atomic E-state index is 0.0277. The molecule has 0 saturated carbocycles. The van der Waals surface area contributed by atoms with E-state index in [1.807, 2.05) is 62.4 Å². The van der Waals surface area contributed by atoms with Gasteiger partial charge in [0.1, 0.15) is 5.75 Å². The van der Waals surface area contributed by atoms with Crippen molar-refractivity contribution in [2.45, 2.75) is 26.7 Å². The number of likely N-dealkylation sites (tertiary alicyclic amines) is 1. The molecule has 1 heterocycles. The lowest BCUT2D eigenvalue weighted by Gasteiger charge is -2.31. The van der Waals surface area contributed by atoms with Crippen molar-refractivity contribution < 1.29 is 14.3 Å². The summed E-state index contributed by atoms with van der Waals surface area (Å²) in [5, 5.41) is 2.95. The highest BCUT2D eigenvalue weighted by Gasteiger charge is 2.27. The number of ether oxygens (including phenoxy) is 1. The number of nitrogens with one attached hydrogen (secondary N) is 1. The molecule has 142 valence electrons. The van der Waals surface area contributed by atoms with Gasteiger partial charge in [-0.2, -0.15) is 0 Å². The van der Waals surface area contributed by atoms with Crippen LogP contribution in [-0.2, 0) is 9.59 Å². The minimum Gasteiger partial charge on any atom is -0.483 e. The Morgan fingerprint density at radius 1 is 1.07 bits per heavy atom. The molecule has 27 heavy (non-hydrogen) atoms. The quantitative estimate of drug-likeness (QED) is 0.880. The average molecular weight is 366 g/mol. The van der Waals surface area contributed by atoms with Gasteiger partial charge in [-0.1, -0.05) is 30.3 Å². The number of carbonyl (C=O) groups excluding carboxylic acids is 2. The molecular weight excluding hydrogens is 340 g/mol. The van der Waals surface area contributed by atoms with Crippen LogP contribution in [0.5, 0.6) is 5.75 Å². The second-order valence-electron chi connectivity index (χ2n) is 7.07. The highest BCUT2D eigenvalue weighted by Crippen LogP contribution is 2.21. The van der Waals surface area contributed by atoms with Crippen LogP contribution in [0, 0.1) is 19.8 Å². The van der Waals surface area contributed by atoms with Crippen molar-refractivity contribution in [2.24, 2.45) is 5.92 Å². The Kier molecular flexibility index (Phi) is 6.12. The Balaban J connectivity index is 1.46. The fourth-order valence-corrected chi connectivity index (χ4v) is 3.25. The maximum absolute atomic E-state index is 12.4. The molecular formula is C22H26N2O3. The fraction of sp³-hybridized carbons (Fsp3) is 0.364. The van der Waals surface area contributed by atoms with Gasteiger partial charge in [0.25, 0.3) is 5.91 Å². The van der Waals surface area contributed by atoms with E-state index < -0.39 is 0 Å². The zero-order valence-corrected chi connectivity index (χ0v) is 15.9. The zero-order chi connectivity index (χ0) is 19.2. The molecule has 2 amide bonds. The lowest BCUT2D eigenvalue weighted by Crippen LogP contribution is -2.43. The molecule has 0 unspecified atom stereocenters. The van der Waals surface area contributed by atoms with E-state index >= 15 is 0 Å². The molecule has 5 heteroatoms. The summed E-state index contributed by atoms with van der Waals surface area (Å²) >= 11 is 0. The van der Waals surface area contributed by atoms with Gasteiger partial charge in [0.2, 0.25) is 5.91 Å². The first-order chi connectivity index (χ1) is 13.0. The number of aryl methyl sites for hydroxylation is 2. The van der Waals surface area contributed by atoms with E-state index in [2.05, 4.69) is 5.32 Å². The van der Waals surface area contributed by atoms with Crippen LogP contribution in [0.25, 0.3) is 0 Å². The number of rotatable bonds is 5. The van der Waals surface area contributed by atoms with E-state index in [0.717, 1.165) is 22.6 Å². The molecule has 0 bridgehead atoms. The topological polar surface area (TPSA) is 58.6 Å². The number of nitrogens with zero attached hydrogens (tertiary/aromatic N) is 1. The molecule has 0 spiro atoms. The third-order valence-electron chi connectivity index (χ3n) is 4.95. The smallest absolute Gasteiger partial charge is 0.260 e. The number of hydrogen-bond donors (Lipinski definition) is 1. The average Bonchev–Trinajstić information content (AvgIpc) is 2.69. The highest BCUT2D eigenvalue weighted by molar-refractivity contribution is 5.92. The van der Waals surface area contributed by atoms with E-state index in [1.165, 1.54) is 0 Å². The van der Waals surface area contributed by atoms with Crippen LogP contribution >= 0.6 is 0 Å². The SMILES string of the molecule is Cc1ccc(C)c(OCC(=O)N2CCC(C(=O)Nc3ccccc3)CC2)c1. The van der Waals surface area contributed by atoms with Gasteiger partial charge in [-0.05, 0) is 56.0 Å². The normalized spacial score (nSPS) is 14.7.